The first-order valence-corrected chi connectivity index (χ1v) is 3.29. The van der Waals surface area contributed by atoms with Gasteiger partial charge in [-0.2, -0.15) is 10.4 Å². The van der Waals surface area contributed by atoms with E-state index in [2.05, 4.69) is 5.10 Å². The molecule has 0 amide bonds. The van der Waals surface area contributed by atoms with E-state index in [0.717, 1.165) is 0 Å². The van der Waals surface area contributed by atoms with Crippen molar-refractivity contribution in [2.75, 3.05) is 0 Å². The number of nitrogens with zero attached hydrogens (tertiary/aromatic N) is 3. The van der Waals surface area contributed by atoms with Crippen LogP contribution in [-0.2, 0) is 6.54 Å². The van der Waals surface area contributed by atoms with E-state index < -0.39 is 0 Å². The fourth-order valence-electron chi connectivity index (χ4n) is 0.716. The summed E-state index contributed by atoms with van der Waals surface area (Å²) in [6.45, 7) is 2.58. The second-order valence-corrected chi connectivity index (χ2v) is 2.17. The van der Waals surface area contributed by atoms with E-state index in [-0.39, 0.29) is 0 Å². The molecule has 0 N–H and O–H groups in total. The van der Waals surface area contributed by atoms with Crippen molar-refractivity contribution in [1.29, 1.82) is 5.26 Å². The molecule has 4 heteroatoms. The predicted molar refractivity (Wildman–Crippen MR) is 37.6 cm³/mol. The molecule has 1 aromatic rings. The highest BCUT2D eigenvalue weighted by Gasteiger charge is 2.01. The van der Waals surface area contributed by atoms with Crippen molar-refractivity contribution >= 4 is 11.6 Å². The van der Waals surface area contributed by atoms with Crippen LogP contribution in [0.2, 0.25) is 5.15 Å². The van der Waals surface area contributed by atoms with Crippen molar-refractivity contribution in [3.8, 4) is 6.07 Å². The van der Waals surface area contributed by atoms with E-state index in [1.807, 2.05) is 13.0 Å². The number of halogens is 1. The van der Waals surface area contributed by atoms with E-state index in [1.165, 1.54) is 0 Å². The second-order valence-electron chi connectivity index (χ2n) is 1.78. The summed E-state index contributed by atoms with van der Waals surface area (Å²) in [6.07, 6.45) is 0. The number of hydrogen-bond donors (Lipinski definition) is 0. The molecule has 1 aromatic heterocycles. The molecule has 0 fully saturated rings. The Balaban J connectivity index is 3.12. The average molecular weight is 156 g/mol. The number of hydrogen-bond acceptors (Lipinski definition) is 2. The molecule has 0 bridgehead atoms. The Morgan fingerprint density at radius 2 is 2.60 bits per heavy atom. The molecule has 0 unspecified atom stereocenters. The molecular formula is C6H6ClN3. The van der Waals surface area contributed by atoms with Gasteiger partial charge in [-0.3, -0.25) is 4.68 Å². The monoisotopic (exact) mass is 155 g/mol. The van der Waals surface area contributed by atoms with Gasteiger partial charge in [0.1, 0.15) is 11.8 Å². The molecule has 0 saturated heterocycles. The van der Waals surface area contributed by atoms with Gasteiger partial charge in [-0.15, -0.1) is 0 Å². The van der Waals surface area contributed by atoms with E-state index in [4.69, 9.17) is 16.9 Å². The molecule has 0 aliphatic heterocycles. The van der Waals surface area contributed by atoms with Crippen LogP contribution in [0.4, 0.5) is 0 Å². The molecule has 52 valence electrons. The fraction of sp³-hybridized carbons (Fsp3) is 0.333. The van der Waals surface area contributed by atoms with Crippen LogP contribution in [0.3, 0.4) is 0 Å². The van der Waals surface area contributed by atoms with Gasteiger partial charge in [-0.1, -0.05) is 11.6 Å². The lowest BCUT2D eigenvalue weighted by Gasteiger charge is -1.92. The van der Waals surface area contributed by atoms with Gasteiger partial charge >= 0.3 is 0 Å². The highest BCUT2D eigenvalue weighted by atomic mass is 35.5. The molecular weight excluding hydrogens is 150 g/mol. The highest BCUT2D eigenvalue weighted by Crippen LogP contribution is 2.07. The highest BCUT2D eigenvalue weighted by molar-refractivity contribution is 6.29. The summed E-state index contributed by atoms with van der Waals surface area (Å²) < 4.78 is 1.56. The van der Waals surface area contributed by atoms with E-state index in [0.29, 0.717) is 17.4 Å². The van der Waals surface area contributed by atoms with Crippen molar-refractivity contribution in [2.24, 2.45) is 0 Å². The van der Waals surface area contributed by atoms with Crippen LogP contribution in [0.15, 0.2) is 6.07 Å². The molecule has 10 heavy (non-hydrogen) atoms. The quantitative estimate of drug-likeness (QED) is 0.616. The molecule has 0 atom stereocenters. The summed E-state index contributed by atoms with van der Waals surface area (Å²) in [5.74, 6) is 0. The number of aromatic nitrogens is 2. The van der Waals surface area contributed by atoms with Crippen molar-refractivity contribution < 1.29 is 0 Å². The predicted octanol–water partition coefficient (Wildman–Crippen LogP) is 1.43. The lowest BCUT2D eigenvalue weighted by Crippen LogP contribution is -1.98. The van der Waals surface area contributed by atoms with Gasteiger partial charge in [-0.25, -0.2) is 0 Å². The normalized spacial score (nSPS) is 9.30. The van der Waals surface area contributed by atoms with Gasteiger partial charge in [0, 0.05) is 12.6 Å². The number of rotatable bonds is 1. The van der Waals surface area contributed by atoms with Crippen LogP contribution in [-0.4, -0.2) is 9.78 Å². The summed E-state index contributed by atoms with van der Waals surface area (Å²) in [7, 11) is 0. The standard InChI is InChI=1S/C6H6ClN3/c1-2-10-5(4-8)3-6(7)9-10/h3H,2H2,1H3. The van der Waals surface area contributed by atoms with Gasteiger partial charge < -0.3 is 0 Å². The lowest BCUT2D eigenvalue weighted by atomic mass is 10.5. The Morgan fingerprint density at radius 3 is 3.00 bits per heavy atom. The second kappa shape index (κ2) is 2.72. The Hall–Kier alpha value is -1.01. The average Bonchev–Trinajstić information content (AvgIpc) is 2.30. The summed E-state index contributed by atoms with van der Waals surface area (Å²) in [6, 6.07) is 3.53. The summed E-state index contributed by atoms with van der Waals surface area (Å²) in [5.41, 5.74) is 0.507. The zero-order valence-electron chi connectivity index (χ0n) is 5.50. The van der Waals surface area contributed by atoms with Gasteiger partial charge in [0.15, 0.2) is 5.15 Å². The molecule has 3 nitrogen and oxygen atoms in total. The maximum Gasteiger partial charge on any atom is 0.152 e. The van der Waals surface area contributed by atoms with Gasteiger partial charge in [0.05, 0.1) is 0 Å². The Morgan fingerprint density at radius 1 is 1.90 bits per heavy atom. The third-order valence-electron chi connectivity index (χ3n) is 1.16. The minimum atomic E-state index is 0.374. The van der Waals surface area contributed by atoms with Crippen molar-refractivity contribution in [3.63, 3.8) is 0 Å². The number of nitriles is 1. The summed E-state index contributed by atoms with van der Waals surface area (Å²) >= 11 is 5.54. The van der Waals surface area contributed by atoms with Gasteiger partial charge in [-0.05, 0) is 6.92 Å². The van der Waals surface area contributed by atoms with Crippen LogP contribution in [0.1, 0.15) is 12.6 Å². The molecule has 0 aromatic carbocycles. The first-order chi connectivity index (χ1) is 4.77. The Bertz CT molecular complexity index is 271. The largest absolute Gasteiger partial charge is 0.254 e. The molecule has 0 aliphatic rings. The third kappa shape index (κ3) is 1.12. The Kier molecular flexibility index (Phi) is 1.93. The zero-order chi connectivity index (χ0) is 7.56. The van der Waals surface area contributed by atoms with E-state index in [9.17, 15) is 0 Å². The van der Waals surface area contributed by atoms with Crippen molar-refractivity contribution in [2.45, 2.75) is 13.5 Å². The van der Waals surface area contributed by atoms with Crippen LogP contribution in [0, 0.1) is 11.3 Å². The van der Waals surface area contributed by atoms with Gasteiger partial charge in [0.2, 0.25) is 0 Å². The minimum absolute atomic E-state index is 0.374. The summed E-state index contributed by atoms with van der Waals surface area (Å²) in [5, 5.41) is 12.7. The van der Waals surface area contributed by atoms with Gasteiger partial charge in [0.25, 0.3) is 0 Å². The van der Waals surface area contributed by atoms with Crippen LogP contribution in [0.25, 0.3) is 0 Å². The van der Waals surface area contributed by atoms with E-state index >= 15 is 0 Å². The molecule has 0 spiro atoms. The van der Waals surface area contributed by atoms with Crippen LogP contribution in [0.5, 0.6) is 0 Å². The molecule has 1 heterocycles. The fourth-order valence-corrected chi connectivity index (χ4v) is 0.911. The van der Waals surface area contributed by atoms with Crippen molar-refractivity contribution in [3.05, 3.63) is 16.9 Å². The Labute approximate surface area is 63.8 Å². The maximum atomic E-state index is 8.49. The first-order valence-electron chi connectivity index (χ1n) is 2.91. The molecule has 0 saturated carbocycles. The summed E-state index contributed by atoms with van der Waals surface area (Å²) in [4.78, 5) is 0. The van der Waals surface area contributed by atoms with Crippen LogP contribution >= 0.6 is 11.6 Å². The first kappa shape index (κ1) is 7.10. The zero-order valence-corrected chi connectivity index (χ0v) is 6.26. The smallest absolute Gasteiger partial charge is 0.152 e. The minimum Gasteiger partial charge on any atom is -0.254 e. The number of aryl methyl sites for hydroxylation is 1. The van der Waals surface area contributed by atoms with E-state index in [1.54, 1.807) is 10.7 Å². The van der Waals surface area contributed by atoms with Crippen molar-refractivity contribution in [1.82, 2.24) is 9.78 Å². The molecule has 0 radical (unpaired) electrons. The molecule has 0 aliphatic carbocycles. The lowest BCUT2D eigenvalue weighted by molar-refractivity contribution is 0.651. The SMILES string of the molecule is CCn1nc(Cl)cc1C#N. The maximum absolute atomic E-state index is 8.49. The third-order valence-corrected chi connectivity index (χ3v) is 1.35. The molecule has 1 rings (SSSR count). The topological polar surface area (TPSA) is 41.6 Å². The van der Waals surface area contributed by atoms with Crippen LogP contribution < -0.4 is 0 Å².